The highest BCUT2D eigenvalue weighted by Gasteiger charge is 2.26. The summed E-state index contributed by atoms with van der Waals surface area (Å²) in [6.45, 7) is 6.01. The lowest BCUT2D eigenvalue weighted by atomic mass is 9.97. The molecule has 6 nitrogen and oxygen atoms in total. The van der Waals surface area contributed by atoms with Crippen LogP contribution in [0.15, 0.2) is 25.0 Å². The van der Waals surface area contributed by atoms with Crippen molar-refractivity contribution in [3.63, 3.8) is 0 Å². The molecule has 1 aliphatic heterocycles. The molecule has 1 aromatic rings. The van der Waals surface area contributed by atoms with Gasteiger partial charge in [-0.15, -0.1) is 6.58 Å². The van der Waals surface area contributed by atoms with Crippen LogP contribution in [0.3, 0.4) is 0 Å². The fourth-order valence-electron chi connectivity index (χ4n) is 2.65. The number of hydrogen-bond acceptors (Lipinski definition) is 5. The Kier molecular flexibility index (Phi) is 6.80. The molecule has 1 aromatic heterocycles. The summed E-state index contributed by atoms with van der Waals surface area (Å²) in [5.74, 6) is -0.919. The summed E-state index contributed by atoms with van der Waals surface area (Å²) in [5, 5.41) is 9.53. The number of aliphatic carboxylic acids is 1. The van der Waals surface area contributed by atoms with Crippen LogP contribution in [0.2, 0.25) is 5.02 Å². The second-order valence-electron chi connectivity index (χ2n) is 5.70. The standard InChI is InChI=1S/C16H22ClN3O3/c1-2-3-4-14(23-16-18-9-13(17)10-19-16)11-20-7-5-12(6-8-20)15(21)22/h2,9-10,12,14H,1,3-8,11H2,(H,21,22). The molecule has 0 bridgehead atoms. The van der Waals surface area contributed by atoms with Gasteiger partial charge < -0.3 is 9.84 Å². The molecule has 23 heavy (non-hydrogen) atoms. The molecule has 0 aromatic carbocycles. The van der Waals surface area contributed by atoms with Gasteiger partial charge in [-0.1, -0.05) is 17.7 Å². The SMILES string of the molecule is C=CCCC(CN1CCC(C(=O)O)CC1)Oc1ncc(Cl)cn1. The van der Waals surface area contributed by atoms with Gasteiger partial charge in [-0.25, -0.2) is 9.97 Å². The van der Waals surface area contributed by atoms with Gasteiger partial charge in [0.25, 0.3) is 0 Å². The van der Waals surface area contributed by atoms with Gasteiger partial charge in [0.15, 0.2) is 0 Å². The Balaban J connectivity index is 1.89. The molecule has 1 N–H and O–H groups in total. The van der Waals surface area contributed by atoms with Crippen molar-refractivity contribution in [2.24, 2.45) is 5.92 Å². The van der Waals surface area contributed by atoms with Gasteiger partial charge in [-0.2, -0.15) is 0 Å². The Morgan fingerprint density at radius 1 is 1.48 bits per heavy atom. The van der Waals surface area contributed by atoms with Crippen molar-refractivity contribution < 1.29 is 14.6 Å². The highest BCUT2D eigenvalue weighted by atomic mass is 35.5. The van der Waals surface area contributed by atoms with Crippen molar-refractivity contribution in [3.8, 4) is 6.01 Å². The molecule has 0 radical (unpaired) electrons. The number of halogens is 1. The fourth-order valence-corrected chi connectivity index (χ4v) is 2.75. The van der Waals surface area contributed by atoms with Crippen LogP contribution in [0.5, 0.6) is 6.01 Å². The first-order valence-electron chi connectivity index (χ1n) is 7.78. The smallest absolute Gasteiger partial charge is 0.316 e. The Bertz CT molecular complexity index is 516. The fraction of sp³-hybridized carbons (Fsp3) is 0.562. The van der Waals surface area contributed by atoms with Gasteiger partial charge in [0, 0.05) is 6.54 Å². The van der Waals surface area contributed by atoms with Crippen LogP contribution in [0, 0.1) is 5.92 Å². The largest absolute Gasteiger partial charge is 0.481 e. The van der Waals surface area contributed by atoms with Crippen molar-refractivity contribution in [3.05, 3.63) is 30.1 Å². The van der Waals surface area contributed by atoms with Crippen LogP contribution < -0.4 is 4.74 Å². The number of allylic oxidation sites excluding steroid dienone is 1. The van der Waals surface area contributed by atoms with Crippen molar-refractivity contribution in [1.82, 2.24) is 14.9 Å². The van der Waals surface area contributed by atoms with E-state index in [0.29, 0.717) is 23.9 Å². The third-order valence-electron chi connectivity index (χ3n) is 3.96. The highest BCUT2D eigenvalue weighted by Crippen LogP contribution is 2.19. The summed E-state index contributed by atoms with van der Waals surface area (Å²) in [6.07, 6.45) is 7.82. The number of rotatable bonds is 8. The van der Waals surface area contributed by atoms with E-state index in [-0.39, 0.29) is 12.0 Å². The highest BCUT2D eigenvalue weighted by molar-refractivity contribution is 6.30. The molecule has 0 amide bonds. The second kappa shape index (κ2) is 8.84. The quantitative estimate of drug-likeness (QED) is 0.734. The molecule has 1 fully saturated rings. The third kappa shape index (κ3) is 5.80. The zero-order valence-corrected chi connectivity index (χ0v) is 13.8. The van der Waals surface area contributed by atoms with Crippen LogP contribution in [-0.4, -0.2) is 51.7 Å². The summed E-state index contributed by atoms with van der Waals surface area (Å²) in [4.78, 5) is 21.4. The molecule has 1 unspecified atom stereocenters. The minimum Gasteiger partial charge on any atom is -0.481 e. The Labute approximate surface area is 141 Å². The van der Waals surface area contributed by atoms with Gasteiger partial charge in [-0.3, -0.25) is 9.69 Å². The summed E-state index contributed by atoms with van der Waals surface area (Å²) in [5.41, 5.74) is 0. The van der Waals surface area contributed by atoms with Crippen LogP contribution >= 0.6 is 11.6 Å². The number of nitrogens with zero attached hydrogens (tertiary/aromatic N) is 3. The van der Waals surface area contributed by atoms with Crippen molar-refractivity contribution in [1.29, 1.82) is 0 Å². The number of carboxylic acid groups (broad SMARTS) is 1. The summed E-state index contributed by atoms with van der Waals surface area (Å²) in [7, 11) is 0. The van der Waals surface area contributed by atoms with E-state index >= 15 is 0 Å². The predicted octanol–water partition coefficient (Wildman–Crippen LogP) is 2.64. The third-order valence-corrected chi connectivity index (χ3v) is 4.16. The lowest BCUT2D eigenvalue weighted by Crippen LogP contribution is -2.42. The molecule has 2 rings (SSSR count). The normalized spacial score (nSPS) is 17.6. The number of piperidine rings is 1. The Morgan fingerprint density at radius 3 is 2.70 bits per heavy atom. The molecular formula is C16H22ClN3O3. The molecule has 1 aliphatic rings. The van der Waals surface area contributed by atoms with E-state index in [1.165, 1.54) is 12.4 Å². The van der Waals surface area contributed by atoms with Crippen LogP contribution in [-0.2, 0) is 4.79 Å². The Morgan fingerprint density at radius 2 is 2.13 bits per heavy atom. The zero-order chi connectivity index (χ0) is 16.7. The van der Waals surface area contributed by atoms with E-state index in [0.717, 1.165) is 32.5 Å². The maximum atomic E-state index is 11.0. The van der Waals surface area contributed by atoms with E-state index in [1.54, 1.807) is 0 Å². The minimum atomic E-state index is -0.696. The first-order valence-corrected chi connectivity index (χ1v) is 8.16. The molecule has 0 saturated carbocycles. The molecular weight excluding hydrogens is 318 g/mol. The van der Waals surface area contributed by atoms with E-state index in [4.69, 9.17) is 21.4 Å². The Hall–Kier alpha value is -1.66. The second-order valence-corrected chi connectivity index (χ2v) is 6.14. The monoisotopic (exact) mass is 339 g/mol. The van der Waals surface area contributed by atoms with E-state index in [2.05, 4.69) is 21.4 Å². The lowest BCUT2D eigenvalue weighted by Gasteiger charge is -2.32. The minimum absolute atomic E-state index is 0.0597. The summed E-state index contributed by atoms with van der Waals surface area (Å²) in [6, 6.07) is 0.309. The number of likely N-dealkylation sites (tertiary alicyclic amines) is 1. The van der Waals surface area contributed by atoms with Crippen LogP contribution in [0.1, 0.15) is 25.7 Å². The molecule has 0 aliphatic carbocycles. The topological polar surface area (TPSA) is 75.6 Å². The molecule has 0 spiro atoms. The van der Waals surface area contributed by atoms with Gasteiger partial charge in [0.2, 0.25) is 0 Å². The van der Waals surface area contributed by atoms with Crippen molar-refractivity contribution in [2.45, 2.75) is 31.8 Å². The average Bonchev–Trinajstić information content (AvgIpc) is 2.55. The number of ether oxygens (including phenoxy) is 1. The molecule has 7 heteroatoms. The number of hydrogen-bond donors (Lipinski definition) is 1. The number of aromatic nitrogens is 2. The number of carbonyl (C=O) groups is 1. The maximum Gasteiger partial charge on any atom is 0.316 e. The van der Waals surface area contributed by atoms with Crippen LogP contribution in [0.25, 0.3) is 0 Å². The van der Waals surface area contributed by atoms with E-state index in [1.807, 2.05) is 6.08 Å². The molecule has 1 atom stereocenters. The molecule has 1 saturated heterocycles. The first kappa shape index (κ1) is 17.7. The van der Waals surface area contributed by atoms with Crippen molar-refractivity contribution >= 4 is 17.6 Å². The van der Waals surface area contributed by atoms with E-state index in [9.17, 15) is 4.79 Å². The van der Waals surface area contributed by atoms with Gasteiger partial charge in [0.1, 0.15) is 6.10 Å². The van der Waals surface area contributed by atoms with Crippen molar-refractivity contribution in [2.75, 3.05) is 19.6 Å². The summed E-state index contributed by atoms with van der Waals surface area (Å²) < 4.78 is 5.86. The first-order chi connectivity index (χ1) is 11.1. The number of carboxylic acids is 1. The molecule has 2 heterocycles. The zero-order valence-electron chi connectivity index (χ0n) is 13.0. The van der Waals surface area contributed by atoms with Gasteiger partial charge in [0.05, 0.1) is 23.3 Å². The molecule has 126 valence electrons. The summed E-state index contributed by atoms with van der Waals surface area (Å²) >= 11 is 5.78. The average molecular weight is 340 g/mol. The van der Waals surface area contributed by atoms with Gasteiger partial charge >= 0.3 is 12.0 Å². The van der Waals surface area contributed by atoms with Crippen LogP contribution in [0.4, 0.5) is 0 Å². The van der Waals surface area contributed by atoms with E-state index < -0.39 is 5.97 Å². The predicted molar refractivity (Wildman–Crippen MR) is 87.7 cm³/mol. The van der Waals surface area contributed by atoms with Gasteiger partial charge in [-0.05, 0) is 38.8 Å². The lowest BCUT2D eigenvalue weighted by molar-refractivity contribution is -0.143. The maximum absolute atomic E-state index is 11.0.